The van der Waals surface area contributed by atoms with Gasteiger partial charge in [-0.2, -0.15) is 13.2 Å². The molecule has 1 atom stereocenters. The molecule has 11 heteroatoms. The molecule has 1 saturated carbocycles. The van der Waals surface area contributed by atoms with Gasteiger partial charge in [-0.15, -0.1) is 0 Å². The van der Waals surface area contributed by atoms with Gasteiger partial charge in [0.25, 0.3) is 5.91 Å². The number of rotatable bonds is 7. The number of nitrogens with zero attached hydrogens (tertiary/aromatic N) is 1. The zero-order chi connectivity index (χ0) is 18.8. The van der Waals surface area contributed by atoms with E-state index in [0.717, 1.165) is 12.8 Å². The zero-order valence-electron chi connectivity index (χ0n) is 13.6. The molecule has 0 aromatic carbocycles. The predicted octanol–water partition coefficient (Wildman–Crippen LogP) is 1.49. The second-order valence-corrected chi connectivity index (χ2v) is 7.54. The van der Waals surface area contributed by atoms with Gasteiger partial charge in [0.15, 0.2) is 0 Å². The Labute approximate surface area is 143 Å². The fourth-order valence-corrected chi connectivity index (χ4v) is 2.63. The van der Waals surface area contributed by atoms with Gasteiger partial charge >= 0.3 is 15.5 Å². The van der Waals surface area contributed by atoms with Gasteiger partial charge in [0.2, 0.25) is 0 Å². The number of pyridine rings is 1. The Balaban J connectivity index is 1.97. The molecule has 1 aromatic heterocycles. The molecule has 0 saturated heterocycles. The highest BCUT2D eigenvalue weighted by atomic mass is 32.2. The third-order valence-electron chi connectivity index (χ3n) is 3.38. The van der Waals surface area contributed by atoms with Crippen LogP contribution < -0.4 is 14.8 Å². The number of alkyl halides is 3. The van der Waals surface area contributed by atoms with E-state index in [4.69, 9.17) is 4.74 Å². The summed E-state index contributed by atoms with van der Waals surface area (Å²) in [4.78, 5) is 16.1. The van der Waals surface area contributed by atoms with E-state index in [2.05, 4.69) is 10.3 Å². The molecule has 0 radical (unpaired) electrons. The lowest BCUT2D eigenvalue weighted by molar-refractivity contribution is -0.0451. The van der Waals surface area contributed by atoms with Gasteiger partial charge in [-0.3, -0.25) is 9.78 Å². The van der Waals surface area contributed by atoms with Crippen LogP contribution in [0.2, 0.25) is 0 Å². The van der Waals surface area contributed by atoms with Gasteiger partial charge in [0.1, 0.15) is 12.4 Å². The molecule has 1 fully saturated rings. The molecule has 1 heterocycles. The first-order valence-corrected chi connectivity index (χ1v) is 8.97. The van der Waals surface area contributed by atoms with E-state index in [0.29, 0.717) is 11.3 Å². The van der Waals surface area contributed by atoms with E-state index >= 15 is 0 Å². The van der Waals surface area contributed by atoms with Gasteiger partial charge in [-0.1, -0.05) is 0 Å². The van der Waals surface area contributed by atoms with Crippen LogP contribution in [-0.4, -0.2) is 43.5 Å². The Kier molecular flexibility index (Phi) is 5.57. The molecule has 0 bridgehead atoms. The number of carbonyl (C=O) groups is 1. The number of halogens is 3. The lowest BCUT2D eigenvalue weighted by Crippen LogP contribution is -2.43. The van der Waals surface area contributed by atoms with Crippen molar-refractivity contribution in [2.75, 3.05) is 6.61 Å². The number of sulfonamides is 1. The van der Waals surface area contributed by atoms with Crippen LogP contribution in [0, 0.1) is 6.92 Å². The van der Waals surface area contributed by atoms with Crippen LogP contribution in [-0.2, 0) is 10.0 Å². The SMILES string of the molecule is Cc1ncc(OC[C@H](C)NS(=O)(=O)C(F)(F)F)cc1C(=O)NC1CC1. The summed E-state index contributed by atoms with van der Waals surface area (Å²) in [5.74, 6) is -0.145. The molecule has 1 aliphatic carbocycles. The van der Waals surface area contributed by atoms with Gasteiger partial charge in [0, 0.05) is 6.04 Å². The normalized spacial score (nSPS) is 16.4. The summed E-state index contributed by atoms with van der Waals surface area (Å²) in [5, 5.41) is 2.80. The van der Waals surface area contributed by atoms with Crippen LogP contribution in [0.5, 0.6) is 5.75 Å². The van der Waals surface area contributed by atoms with E-state index in [1.807, 2.05) is 0 Å². The molecule has 2 rings (SSSR count). The summed E-state index contributed by atoms with van der Waals surface area (Å²) >= 11 is 0. The molecule has 1 amide bonds. The average Bonchev–Trinajstić information content (AvgIpc) is 3.28. The minimum absolute atomic E-state index is 0.157. The van der Waals surface area contributed by atoms with Crippen LogP contribution in [0.4, 0.5) is 13.2 Å². The van der Waals surface area contributed by atoms with Crippen molar-refractivity contribution in [2.24, 2.45) is 0 Å². The van der Waals surface area contributed by atoms with Crippen molar-refractivity contribution in [3.8, 4) is 5.75 Å². The minimum atomic E-state index is -5.45. The standard InChI is InChI=1S/C14H18F3N3O4S/c1-8(20-25(22,23)14(15,16)17)7-24-11-5-12(9(2)18-6-11)13(21)19-10-3-4-10/h5-6,8,10,20H,3-4,7H2,1-2H3,(H,19,21)/t8-/m0/s1. The predicted molar refractivity (Wildman–Crippen MR) is 82.5 cm³/mol. The summed E-state index contributed by atoms with van der Waals surface area (Å²) < 4.78 is 65.7. The Bertz CT molecular complexity index is 748. The quantitative estimate of drug-likeness (QED) is 0.746. The van der Waals surface area contributed by atoms with Crippen molar-refractivity contribution in [1.29, 1.82) is 0 Å². The van der Waals surface area contributed by atoms with E-state index in [-0.39, 0.29) is 24.3 Å². The molecule has 140 valence electrons. The monoisotopic (exact) mass is 381 g/mol. The topological polar surface area (TPSA) is 97.4 Å². The average molecular weight is 381 g/mol. The Morgan fingerprint density at radius 2 is 2.08 bits per heavy atom. The van der Waals surface area contributed by atoms with Gasteiger partial charge < -0.3 is 10.1 Å². The molecule has 1 aromatic rings. The first-order valence-electron chi connectivity index (χ1n) is 7.48. The maximum Gasteiger partial charge on any atom is 0.511 e. The highest BCUT2D eigenvalue weighted by Gasteiger charge is 2.46. The van der Waals surface area contributed by atoms with Crippen LogP contribution in [0.3, 0.4) is 0 Å². The summed E-state index contributed by atoms with van der Waals surface area (Å²) in [5.41, 5.74) is -4.61. The highest BCUT2D eigenvalue weighted by molar-refractivity contribution is 7.90. The van der Waals surface area contributed by atoms with Crippen molar-refractivity contribution in [3.05, 3.63) is 23.5 Å². The van der Waals surface area contributed by atoms with Crippen molar-refractivity contribution in [2.45, 2.75) is 44.3 Å². The third kappa shape index (κ3) is 5.30. The third-order valence-corrected chi connectivity index (χ3v) is 4.70. The summed E-state index contributed by atoms with van der Waals surface area (Å²) in [7, 11) is -5.45. The molecular formula is C14H18F3N3O4S. The van der Waals surface area contributed by atoms with Gasteiger partial charge in [-0.05, 0) is 32.8 Å². The second kappa shape index (κ2) is 7.16. The smallest absolute Gasteiger partial charge is 0.490 e. The maximum absolute atomic E-state index is 12.3. The van der Waals surface area contributed by atoms with Crippen LogP contribution >= 0.6 is 0 Å². The number of hydrogen-bond donors (Lipinski definition) is 2. The van der Waals surface area contributed by atoms with Crippen LogP contribution in [0.1, 0.15) is 35.8 Å². The fraction of sp³-hybridized carbons (Fsp3) is 0.571. The minimum Gasteiger partial charge on any atom is -0.490 e. The maximum atomic E-state index is 12.3. The van der Waals surface area contributed by atoms with E-state index in [9.17, 15) is 26.4 Å². The van der Waals surface area contributed by atoms with Gasteiger partial charge in [-0.25, -0.2) is 13.1 Å². The fourth-order valence-electron chi connectivity index (χ4n) is 1.90. The van der Waals surface area contributed by atoms with Crippen molar-refractivity contribution < 1.29 is 31.1 Å². The second-order valence-electron chi connectivity index (χ2n) is 5.83. The number of aryl methyl sites for hydroxylation is 1. The molecule has 25 heavy (non-hydrogen) atoms. The number of aromatic nitrogens is 1. The summed E-state index contributed by atoms with van der Waals surface area (Å²) in [6.07, 6.45) is 3.16. The van der Waals surface area contributed by atoms with Crippen molar-refractivity contribution in [1.82, 2.24) is 15.0 Å². The molecule has 7 nitrogen and oxygen atoms in total. The van der Waals surface area contributed by atoms with Crippen molar-refractivity contribution in [3.63, 3.8) is 0 Å². The van der Waals surface area contributed by atoms with E-state index < -0.39 is 21.6 Å². The lowest BCUT2D eigenvalue weighted by Gasteiger charge is -2.17. The Morgan fingerprint density at radius 3 is 2.64 bits per heavy atom. The molecule has 2 N–H and O–H groups in total. The number of carbonyl (C=O) groups excluding carboxylic acids is 1. The highest BCUT2D eigenvalue weighted by Crippen LogP contribution is 2.23. The number of ether oxygens (including phenoxy) is 1. The van der Waals surface area contributed by atoms with Crippen LogP contribution in [0.15, 0.2) is 12.3 Å². The van der Waals surface area contributed by atoms with Crippen molar-refractivity contribution >= 4 is 15.9 Å². The lowest BCUT2D eigenvalue weighted by atomic mass is 10.2. The summed E-state index contributed by atoms with van der Waals surface area (Å²) in [6, 6.07) is 0.454. The van der Waals surface area contributed by atoms with E-state index in [1.54, 1.807) is 6.92 Å². The number of amides is 1. The number of nitrogens with one attached hydrogen (secondary N) is 2. The Hall–Kier alpha value is -1.88. The first kappa shape index (κ1) is 19.4. The summed E-state index contributed by atoms with van der Waals surface area (Å²) in [6.45, 7) is 2.51. The molecular weight excluding hydrogens is 363 g/mol. The first-order chi connectivity index (χ1) is 11.5. The van der Waals surface area contributed by atoms with E-state index in [1.165, 1.54) is 23.9 Å². The van der Waals surface area contributed by atoms with Gasteiger partial charge in [0.05, 0.1) is 23.5 Å². The van der Waals surface area contributed by atoms with Crippen LogP contribution in [0.25, 0.3) is 0 Å². The molecule has 0 unspecified atom stereocenters. The largest absolute Gasteiger partial charge is 0.511 e. The number of hydrogen-bond acceptors (Lipinski definition) is 5. The molecule has 0 aliphatic heterocycles. The Morgan fingerprint density at radius 1 is 1.44 bits per heavy atom. The molecule has 0 spiro atoms. The molecule has 1 aliphatic rings. The zero-order valence-corrected chi connectivity index (χ0v) is 14.4.